The SMILES string of the molecule is CCCCCCNC(=O)N(c1cc(C)c2nc(CCC)n(Cc3ccc(-c4ccccc4-c4nnn[nH]4)cc3)c2c1)C1CCCCC1. The summed E-state index contributed by atoms with van der Waals surface area (Å²) in [6, 6.07) is 21.5. The molecule has 0 bridgehead atoms. The molecule has 2 heterocycles. The van der Waals surface area contributed by atoms with Gasteiger partial charge in [0.25, 0.3) is 0 Å². The normalized spacial score (nSPS) is 13.7. The molecule has 9 nitrogen and oxygen atoms in total. The van der Waals surface area contributed by atoms with Crippen LogP contribution in [0.3, 0.4) is 0 Å². The summed E-state index contributed by atoms with van der Waals surface area (Å²) in [5, 5.41) is 17.8. The number of amides is 2. The average Bonchev–Trinajstić information content (AvgIpc) is 3.75. The van der Waals surface area contributed by atoms with Gasteiger partial charge in [-0.15, -0.1) is 5.10 Å². The van der Waals surface area contributed by atoms with Gasteiger partial charge in [0.15, 0.2) is 5.82 Å². The molecule has 0 radical (unpaired) electrons. The van der Waals surface area contributed by atoms with Gasteiger partial charge < -0.3 is 9.88 Å². The minimum Gasteiger partial charge on any atom is -0.338 e. The standard InChI is InChI=1S/C38H48N8O/c1-4-6-7-13-23-39-38(47)46(30-15-9-8-10-16-30)31-24-27(3)36-34(25-31)45(35(40-36)14-5-2)26-28-19-21-29(22-20-28)32-17-11-12-18-33(32)37-41-43-44-42-37/h11-12,17-22,24-25,30H,4-10,13-16,23,26H2,1-3H3,(H,39,47)(H,41,42,43,44). The summed E-state index contributed by atoms with van der Waals surface area (Å²) in [6.45, 7) is 7.98. The number of aryl methyl sites for hydroxylation is 2. The first-order chi connectivity index (χ1) is 23.1. The van der Waals surface area contributed by atoms with Crippen molar-refractivity contribution in [3.05, 3.63) is 77.6 Å². The van der Waals surface area contributed by atoms with Crippen LogP contribution in [0.2, 0.25) is 0 Å². The fraction of sp³-hybridized carbons (Fsp3) is 0.447. The number of anilines is 1. The Morgan fingerprint density at radius 2 is 1.74 bits per heavy atom. The first-order valence-corrected chi connectivity index (χ1v) is 17.6. The monoisotopic (exact) mass is 632 g/mol. The van der Waals surface area contributed by atoms with Gasteiger partial charge in [0.1, 0.15) is 5.82 Å². The lowest BCUT2D eigenvalue weighted by Crippen LogP contribution is -2.47. The number of urea groups is 1. The molecule has 1 saturated carbocycles. The van der Waals surface area contributed by atoms with E-state index < -0.39 is 0 Å². The van der Waals surface area contributed by atoms with E-state index in [9.17, 15) is 4.79 Å². The molecule has 2 N–H and O–H groups in total. The first-order valence-electron chi connectivity index (χ1n) is 17.6. The molecule has 6 rings (SSSR count). The van der Waals surface area contributed by atoms with E-state index in [1.54, 1.807) is 0 Å². The van der Waals surface area contributed by atoms with Crippen molar-refractivity contribution in [2.45, 2.75) is 104 Å². The number of benzene rings is 3. The number of nitrogens with zero attached hydrogens (tertiary/aromatic N) is 6. The lowest BCUT2D eigenvalue weighted by atomic mass is 9.93. The Morgan fingerprint density at radius 1 is 0.957 bits per heavy atom. The van der Waals surface area contributed by atoms with E-state index in [1.807, 2.05) is 18.2 Å². The van der Waals surface area contributed by atoms with Gasteiger partial charge in [0.2, 0.25) is 0 Å². The van der Waals surface area contributed by atoms with Crippen molar-refractivity contribution in [1.29, 1.82) is 0 Å². The summed E-state index contributed by atoms with van der Waals surface area (Å²) in [4.78, 5) is 21.1. The van der Waals surface area contributed by atoms with Gasteiger partial charge >= 0.3 is 6.03 Å². The Morgan fingerprint density at radius 3 is 2.47 bits per heavy atom. The summed E-state index contributed by atoms with van der Waals surface area (Å²) in [7, 11) is 0. The highest BCUT2D eigenvalue weighted by molar-refractivity contribution is 5.96. The van der Waals surface area contributed by atoms with Crippen LogP contribution in [0, 0.1) is 6.92 Å². The molecule has 47 heavy (non-hydrogen) atoms. The van der Waals surface area contributed by atoms with Gasteiger partial charge in [-0.25, -0.2) is 14.9 Å². The van der Waals surface area contributed by atoms with E-state index in [4.69, 9.17) is 4.98 Å². The number of unbranched alkanes of at least 4 members (excludes halogenated alkanes) is 3. The fourth-order valence-corrected chi connectivity index (χ4v) is 7.00. The molecule has 0 saturated heterocycles. The van der Waals surface area contributed by atoms with Crippen molar-refractivity contribution in [3.8, 4) is 22.5 Å². The number of tetrazole rings is 1. The Labute approximate surface area is 278 Å². The second-order valence-corrected chi connectivity index (χ2v) is 12.9. The van der Waals surface area contributed by atoms with Crippen LogP contribution in [0.4, 0.5) is 10.5 Å². The average molecular weight is 633 g/mol. The predicted molar refractivity (Wildman–Crippen MR) is 190 cm³/mol. The number of nitrogens with one attached hydrogen (secondary N) is 2. The Balaban J connectivity index is 1.32. The van der Waals surface area contributed by atoms with Crippen LogP contribution in [0.1, 0.15) is 95.0 Å². The Bertz CT molecular complexity index is 1750. The van der Waals surface area contributed by atoms with Crippen molar-refractivity contribution >= 4 is 22.8 Å². The molecule has 1 aliphatic carbocycles. The number of hydrogen-bond acceptors (Lipinski definition) is 5. The maximum Gasteiger partial charge on any atom is 0.322 e. The lowest BCUT2D eigenvalue weighted by molar-refractivity contribution is 0.241. The number of rotatable bonds is 13. The first kappa shape index (κ1) is 32.4. The molecule has 9 heteroatoms. The minimum absolute atomic E-state index is 0.0315. The highest BCUT2D eigenvalue weighted by Crippen LogP contribution is 2.34. The van der Waals surface area contributed by atoms with Gasteiger partial charge in [0.05, 0.1) is 11.0 Å². The Kier molecular flexibility index (Phi) is 10.6. The van der Waals surface area contributed by atoms with Crippen LogP contribution >= 0.6 is 0 Å². The largest absolute Gasteiger partial charge is 0.338 e. The fourth-order valence-electron chi connectivity index (χ4n) is 7.00. The molecule has 3 aromatic carbocycles. The topological polar surface area (TPSA) is 105 Å². The van der Waals surface area contributed by atoms with Crippen LogP contribution in [-0.2, 0) is 13.0 Å². The zero-order chi connectivity index (χ0) is 32.6. The molecular formula is C38H48N8O. The molecule has 246 valence electrons. The van der Waals surface area contributed by atoms with E-state index in [2.05, 4.69) is 98.6 Å². The van der Waals surface area contributed by atoms with E-state index >= 15 is 0 Å². The van der Waals surface area contributed by atoms with Gasteiger partial charge in [-0.1, -0.05) is 101 Å². The van der Waals surface area contributed by atoms with Crippen LogP contribution < -0.4 is 10.2 Å². The highest BCUT2D eigenvalue weighted by atomic mass is 16.2. The van der Waals surface area contributed by atoms with Gasteiger partial charge in [-0.3, -0.25) is 4.90 Å². The van der Waals surface area contributed by atoms with Crippen molar-refractivity contribution in [1.82, 2.24) is 35.5 Å². The molecular weight excluding hydrogens is 584 g/mol. The van der Waals surface area contributed by atoms with E-state index in [0.717, 1.165) is 89.9 Å². The summed E-state index contributed by atoms with van der Waals surface area (Å²) in [6.07, 6.45) is 12.1. The number of imidazole rings is 1. The molecule has 0 spiro atoms. The highest BCUT2D eigenvalue weighted by Gasteiger charge is 2.28. The smallest absolute Gasteiger partial charge is 0.322 e. The third kappa shape index (κ3) is 7.39. The number of aromatic amines is 1. The van der Waals surface area contributed by atoms with E-state index in [0.29, 0.717) is 12.4 Å². The molecule has 0 unspecified atom stereocenters. The second kappa shape index (κ2) is 15.4. The number of aromatic nitrogens is 6. The molecule has 2 aromatic heterocycles. The molecule has 2 amide bonds. The summed E-state index contributed by atoms with van der Waals surface area (Å²) >= 11 is 0. The minimum atomic E-state index is 0.0315. The summed E-state index contributed by atoms with van der Waals surface area (Å²) in [5.74, 6) is 1.73. The van der Waals surface area contributed by atoms with Gasteiger partial charge in [-0.05, 0) is 77.4 Å². The van der Waals surface area contributed by atoms with Crippen LogP contribution in [0.5, 0.6) is 0 Å². The van der Waals surface area contributed by atoms with Crippen molar-refractivity contribution in [3.63, 3.8) is 0 Å². The number of hydrogen-bond donors (Lipinski definition) is 2. The molecule has 1 aliphatic rings. The zero-order valence-electron chi connectivity index (χ0n) is 28.1. The van der Waals surface area contributed by atoms with Crippen LogP contribution in [0.15, 0.2) is 60.7 Å². The molecule has 5 aromatic rings. The Hall–Kier alpha value is -4.53. The van der Waals surface area contributed by atoms with Gasteiger partial charge in [0, 0.05) is 36.8 Å². The maximum absolute atomic E-state index is 13.8. The van der Waals surface area contributed by atoms with Crippen molar-refractivity contribution in [2.24, 2.45) is 0 Å². The van der Waals surface area contributed by atoms with E-state index in [1.165, 1.54) is 37.7 Å². The van der Waals surface area contributed by atoms with E-state index in [-0.39, 0.29) is 12.1 Å². The second-order valence-electron chi connectivity index (χ2n) is 12.9. The lowest BCUT2D eigenvalue weighted by Gasteiger charge is -2.34. The predicted octanol–water partition coefficient (Wildman–Crippen LogP) is 8.62. The van der Waals surface area contributed by atoms with Gasteiger partial charge in [-0.2, -0.15) is 0 Å². The van der Waals surface area contributed by atoms with Crippen LogP contribution in [0.25, 0.3) is 33.5 Å². The maximum atomic E-state index is 13.8. The number of carbonyl (C=O) groups is 1. The summed E-state index contributed by atoms with van der Waals surface area (Å²) in [5.41, 5.74) is 8.54. The quantitative estimate of drug-likeness (QED) is 0.127. The number of fused-ring (bicyclic) bond motifs is 1. The molecule has 1 fully saturated rings. The van der Waals surface area contributed by atoms with Crippen LogP contribution in [-0.4, -0.2) is 48.8 Å². The zero-order valence-corrected chi connectivity index (χ0v) is 28.1. The van der Waals surface area contributed by atoms with Crippen molar-refractivity contribution < 1.29 is 4.79 Å². The molecule has 0 aliphatic heterocycles. The molecule has 0 atom stereocenters. The summed E-state index contributed by atoms with van der Waals surface area (Å²) < 4.78 is 2.36. The number of carbonyl (C=O) groups excluding carboxylic acids is 1. The van der Waals surface area contributed by atoms with Crippen molar-refractivity contribution in [2.75, 3.05) is 11.4 Å². The third-order valence-electron chi connectivity index (χ3n) is 9.46. The number of H-pyrrole nitrogens is 1. The third-order valence-corrected chi connectivity index (χ3v) is 9.46.